The zero-order valence-corrected chi connectivity index (χ0v) is 18.3. The highest BCUT2D eigenvalue weighted by Gasteiger charge is 2.36. The average molecular weight is 457 g/mol. The number of hydrogen-bond donors (Lipinski definition) is 1. The van der Waals surface area contributed by atoms with Gasteiger partial charge in [0.15, 0.2) is 5.84 Å². The lowest BCUT2D eigenvalue weighted by Crippen LogP contribution is -2.35. The predicted octanol–water partition coefficient (Wildman–Crippen LogP) is 5.33. The van der Waals surface area contributed by atoms with E-state index in [0.29, 0.717) is 27.1 Å². The van der Waals surface area contributed by atoms with Crippen molar-refractivity contribution in [3.05, 3.63) is 70.0 Å². The van der Waals surface area contributed by atoms with E-state index in [4.69, 9.17) is 21.7 Å². The number of halogens is 2. The molecule has 0 saturated heterocycles. The summed E-state index contributed by atoms with van der Waals surface area (Å²) in [6.45, 7) is 3.97. The maximum atomic E-state index is 13.9. The predicted molar refractivity (Wildman–Crippen MR) is 122 cm³/mol. The smallest absolute Gasteiger partial charge is 0.283 e. The molecular formula is C22H18ClFN4O2S. The van der Waals surface area contributed by atoms with Crippen molar-refractivity contribution in [2.75, 3.05) is 0 Å². The Morgan fingerprint density at radius 1 is 1.29 bits per heavy atom. The van der Waals surface area contributed by atoms with Crippen LogP contribution in [-0.2, 0) is 11.4 Å². The van der Waals surface area contributed by atoms with E-state index in [9.17, 15) is 9.18 Å². The van der Waals surface area contributed by atoms with E-state index in [1.54, 1.807) is 36.4 Å². The number of carbonyl (C=O) groups is 1. The monoisotopic (exact) mass is 456 g/mol. The normalized spacial score (nSPS) is 17.2. The Kier molecular flexibility index (Phi) is 5.93. The number of rotatable bonds is 5. The standard InChI is InChI=1S/C22H18ClFN4O2S/c1-12(2)21-27-28-19(25)16(20(29)26-22(28)31-21)10-14-9-15(23)7-8-18(14)30-11-13-5-3-4-6-17(13)24/h3-10,12,25H,11H2,1-2H3/b16-10-,25-19?. The first-order valence-electron chi connectivity index (χ1n) is 9.49. The lowest BCUT2D eigenvalue weighted by Gasteiger charge is -2.20. The van der Waals surface area contributed by atoms with Gasteiger partial charge in [-0.15, -0.1) is 0 Å². The second-order valence-electron chi connectivity index (χ2n) is 7.18. The van der Waals surface area contributed by atoms with Gasteiger partial charge in [-0.3, -0.25) is 10.2 Å². The second kappa shape index (κ2) is 8.64. The second-order valence-corrected chi connectivity index (χ2v) is 8.60. The highest BCUT2D eigenvalue weighted by atomic mass is 35.5. The number of aliphatic imine (C=N–C) groups is 1. The highest BCUT2D eigenvalue weighted by Crippen LogP contribution is 2.32. The number of thioether (sulfide) groups is 1. The number of nitrogens with one attached hydrogen (secondary N) is 1. The molecule has 2 aliphatic rings. The summed E-state index contributed by atoms with van der Waals surface area (Å²) in [6.07, 6.45) is 1.50. The molecule has 31 heavy (non-hydrogen) atoms. The number of carbonyl (C=O) groups excluding carboxylic acids is 1. The van der Waals surface area contributed by atoms with E-state index < -0.39 is 5.91 Å². The number of benzene rings is 2. The molecule has 0 bridgehead atoms. The molecule has 158 valence electrons. The molecule has 0 aliphatic carbocycles. The Morgan fingerprint density at radius 2 is 2.06 bits per heavy atom. The third-order valence-electron chi connectivity index (χ3n) is 4.58. The van der Waals surface area contributed by atoms with Crippen LogP contribution in [0.5, 0.6) is 5.75 Å². The van der Waals surface area contributed by atoms with Crippen LogP contribution in [0.4, 0.5) is 4.39 Å². The van der Waals surface area contributed by atoms with Crippen LogP contribution in [0.3, 0.4) is 0 Å². The number of hydrazone groups is 1. The summed E-state index contributed by atoms with van der Waals surface area (Å²) in [5.41, 5.74) is 0.947. The molecule has 4 rings (SSSR count). The number of amidine groups is 2. The van der Waals surface area contributed by atoms with Gasteiger partial charge in [-0.1, -0.05) is 43.6 Å². The van der Waals surface area contributed by atoms with Crippen LogP contribution in [0, 0.1) is 17.1 Å². The van der Waals surface area contributed by atoms with Crippen LogP contribution < -0.4 is 4.74 Å². The minimum absolute atomic E-state index is 0.00296. The molecule has 1 N–H and O–H groups in total. The number of ether oxygens (including phenoxy) is 1. The van der Waals surface area contributed by atoms with Crippen molar-refractivity contribution in [1.29, 1.82) is 5.41 Å². The fourth-order valence-corrected chi connectivity index (χ4v) is 4.00. The van der Waals surface area contributed by atoms with Gasteiger partial charge in [0.25, 0.3) is 5.91 Å². The fraction of sp³-hybridized carbons (Fsp3) is 0.182. The van der Waals surface area contributed by atoms with Crippen LogP contribution in [0.25, 0.3) is 6.08 Å². The Labute approximate surface area is 188 Å². The van der Waals surface area contributed by atoms with Gasteiger partial charge < -0.3 is 4.74 Å². The molecule has 0 spiro atoms. The van der Waals surface area contributed by atoms with Crippen molar-refractivity contribution < 1.29 is 13.9 Å². The molecule has 0 unspecified atom stereocenters. The van der Waals surface area contributed by atoms with Crippen LogP contribution in [0.15, 0.2) is 58.1 Å². The van der Waals surface area contributed by atoms with Gasteiger partial charge >= 0.3 is 0 Å². The highest BCUT2D eigenvalue weighted by molar-refractivity contribution is 8.27. The van der Waals surface area contributed by atoms with Crippen molar-refractivity contribution in [3.8, 4) is 5.75 Å². The number of fused-ring (bicyclic) bond motifs is 1. The number of hydrogen-bond acceptors (Lipinski definition) is 5. The molecule has 2 heterocycles. The lowest BCUT2D eigenvalue weighted by atomic mass is 10.1. The summed E-state index contributed by atoms with van der Waals surface area (Å²) in [5.74, 6) is -0.423. The maximum Gasteiger partial charge on any atom is 0.283 e. The van der Waals surface area contributed by atoms with Crippen molar-refractivity contribution in [2.24, 2.45) is 16.0 Å². The first-order chi connectivity index (χ1) is 14.8. The summed E-state index contributed by atoms with van der Waals surface area (Å²) in [7, 11) is 0. The molecule has 0 aromatic heterocycles. The molecule has 1 amide bonds. The van der Waals surface area contributed by atoms with Crippen LogP contribution in [0.1, 0.15) is 25.0 Å². The molecule has 0 saturated carbocycles. The molecule has 9 heteroatoms. The Hall–Kier alpha value is -2.97. The molecule has 2 aromatic rings. The molecule has 6 nitrogen and oxygen atoms in total. The molecule has 0 atom stereocenters. The maximum absolute atomic E-state index is 13.9. The van der Waals surface area contributed by atoms with Crippen LogP contribution in [-0.4, -0.2) is 27.0 Å². The zero-order chi connectivity index (χ0) is 22.1. The summed E-state index contributed by atoms with van der Waals surface area (Å²) in [6, 6.07) is 11.2. The molecule has 2 aliphatic heterocycles. The number of amides is 1. The molecular weight excluding hydrogens is 439 g/mol. The van der Waals surface area contributed by atoms with E-state index in [-0.39, 0.29) is 29.8 Å². The fourth-order valence-electron chi connectivity index (χ4n) is 2.93. The zero-order valence-electron chi connectivity index (χ0n) is 16.7. The first-order valence-corrected chi connectivity index (χ1v) is 10.7. The van der Waals surface area contributed by atoms with Gasteiger partial charge in [-0.25, -0.2) is 4.39 Å². The van der Waals surface area contributed by atoms with Crippen molar-refractivity contribution in [2.45, 2.75) is 20.5 Å². The van der Waals surface area contributed by atoms with Crippen molar-refractivity contribution >= 4 is 51.4 Å². The first kappa shape index (κ1) is 21.3. The summed E-state index contributed by atoms with van der Waals surface area (Å²) in [4.78, 5) is 16.7. The topological polar surface area (TPSA) is 78.1 Å². The van der Waals surface area contributed by atoms with Crippen molar-refractivity contribution in [3.63, 3.8) is 0 Å². The van der Waals surface area contributed by atoms with E-state index in [0.717, 1.165) is 5.04 Å². The van der Waals surface area contributed by atoms with Gasteiger partial charge in [0.05, 0.1) is 5.57 Å². The Bertz CT molecular complexity index is 1180. The molecule has 0 fully saturated rings. The van der Waals surface area contributed by atoms with Gasteiger partial charge in [0.1, 0.15) is 23.2 Å². The van der Waals surface area contributed by atoms with Crippen LogP contribution in [0.2, 0.25) is 5.02 Å². The van der Waals surface area contributed by atoms with E-state index >= 15 is 0 Å². The lowest BCUT2D eigenvalue weighted by molar-refractivity contribution is -0.114. The van der Waals surface area contributed by atoms with E-state index in [2.05, 4.69) is 10.1 Å². The SMILES string of the molecule is CC(C)C1=NN2C(=N)/C(=C/c3cc(Cl)ccc3OCc3ccccc3F)C(=O)N=C2S1. The van der Waals surface area contributed by atoms with Crippen LogP contribution >= 0.6 is 23.4 Å². The summed E-state index contributed by atoms with van der Waals surface area (Å²) >= 11 is 7.43. The minimum Gasteiger partial charge on any atom is -0.488 e. The summed E-state index contributed by atoms with van der Waals surface area (Å²) in [5, 5.41) is 15.8. The molecule has 2 aromatic carbocycles. The largest absolute Gasteiger partial charge is 0.488 e. The van der Waals surface area contributed by atoms with Gasteiger partial charge in [-0.05, 0) is 42.1 Å². The third kappa shape index (κ3) is 4.40. The minimum atomic E-state index is -0.538. The van der Waals surface area contributed by atoms with Gasteiger partial charge in [-0.2, -0.15) is 15.1 Å². The third-order valence-corrected chi connectivity index (χ3v) is 6.02. The van der Waals surface area contributed by atoms with Gasteiger partial charge in [0, 0.05) is 22.1 Å². The van der Waals surface area contributed by atoms with E-state index in [1.165, 1.54) is 28.9 Å². The number of nitrogens with zero attached hydrogens (tertiary/aromatic N) is 3. The van der Waals surface area contributed by atoms with Crippen molar-refractivity contribution in [1.82, 2.24) is 5.01 Å². The quantitative estimate of drug-likeness (QED) is 0.616. The van der Waals surface area contributed by atoms with Gasteiger partial charge in [0.2, 0.25) is 5.17 Å². The summed E-state index contributed by atoms with van der Waals surface area (Å²) < 4.78 is 19.7. The molecule has 0 radical (unpaired) electrons. The average Bonchev–Trinajstić information content (AvgIpc) is 3.16. The van der Waals surface area contributed by atoms with E-state index in [1.807, 2.05) is 13.8 Å². The Morgan fingerprint density at radius 3 is 2.81 bits per heavy atom. The Balaban J connectivity index is 1.65.